The Labute approximate surface area is 206 Å². The molecule has 3 aromatic carbocycles. The van der Waals surface area contributed by atoms with Crippen LogP contribution in [0.4, 0.5) is 5.69 Å². The zero-order valence-corrected chi connectivity index (χ0v) is 20.4. The van der Waals surface area contributed by atoms with Gasteiger partial charge in [0.15, 0.2) is 0 Å². The molecule has 0 saturated heterocycles. The number of nitrogens with zero attached hydrogens (tertiary/aromatic N) is 1. The number of amides is 1. The van der Waals surface area contributed by atoms with E-state index in [-0.39, 0.29) is 11.5 Å². The van der Waals surface area contributed by atoms with Crippen LogP contribution < -0.4 is 9.64 Å². The molecule has 0 atom stereocenters. The first-order chi connectivity index (χ1) is 16.9. The molecule has 35 heavy (non-hydrogen) atoms. The van der Waals surface area contributed by atoms with E-state index in [4.69, 9.17) is 9.47 Å². The van der Waals surface area contributed by atoms with Gasteiger partial charge < -0.3 is 9.47 Å². The Hall–Kier alpha value is -4.12. The maximum absolute atomic E-state index is 13.5. The van der Waals surface area contributed by atoms with Gasteiger partial charge in [-0.3, -0.25) is 9.69 Å². The van der Waals surface area contributed by atoms with Crippen molar-refractivity contribution in [2.24, 2.45) is 0 Å². The lowest BCUT2D eigenvalue weighted by molar-refractivity contribution is -0.136. The van der Waals surface area contributed by atoms with Gasteiger partial charge >= 0.3 is 5.97 Å². The first kappa shape index (κ1) is 24.0. The summed E-state index contributed by atoms with van der Waals surface area (Å²) >= 11 is 0. The van der Waals surface area contributed by atoms with E-state index >= 15 is 0 Å². The molecule has 1 aliphatic heterocycles. The summed E-state index contributed by atoms with van der Waals surface area (Å²) in [4.78, 5) is 27.7. The topological polar surface area (TPSA) is 55.8 Å². The Morgan fingerprint density at radius 1 is 0.943 bits per heavy atom. The molecule has 4 rings (SSSR count). The highest BCUT2D eigenvalue weighted by Crippen LogP contribution is 2.36. The number of anilines is 1. The van der Waals surface area contributed by atoms with E-state index in [1.54, 1.807) is 17.9 Å². The molecule has 0 saturated carbocycles. The molecule has 0 aromatic heterocycles. The third-order valence-corrected chi connectivity index (χ3v) is 6.05. The van der Waals surface area contributed by atoms with Gasteiger partial charge in [0.2, 0.25) is 0 Å². The average Bonchev–Trinajstić information content (AvgIpc) is 3.12. The summed E-state index contributed by atoms with van der Waals surface area (Å²) in [7, 11) is 1.32. The Kier molecular flexibility index (Phi) is 7.16. The van der Waals surface area contributed by atoms with E-state index in [0.717, 1.165) is 16.9 Å². The molecule has 0 unspecified atom stereocenters. The molecule has 5 heteroatoms. The Morgan fingerprint density at radius 3 is 2.20 bits per heavy atom. The molecule has 0 bridgehead atoms. The summed E-state index contributed by atoms with van der Waals surface area (Å²) < 4.78 is 10.9. The van der Waals surface area contributed by atoms with Crippen LogP contribution in [0, 0.1) is 0 Å². The van der Waals surface area contributed by atoms with E-state index < -0.39 is 5.97 Å². The maximum atomic E-state index is 13.5. The molecule has 0 radical (unpaired) electrons. The lowest BCUT2D eigenvalue weighted by Gasteiger charge is -2.19. The highest BCUT2D eigenvalue weighted by atomic mass is 16.5. The number of methoxy groups -OCH3 is 1. The SMILES string of the molecule is COC(=O)C1=C(C)N(c2ccc(C(C)C)cc2)C(=O)/C1=C\c1ccc(OCc2ccccc2)cc1. The first-order valence-corrected chi connectivity index (χ1v) is 11.6. The van der Waals surface area contributed by atoms with Crippen molar-refractivity contribution >= 4 is 23.6 Å². The van der Waals surface area contributed by atoms with Gasteiger partial charge in [-0.05, 0) is 59.9 Å². The lowest BCUT2D eigenvalue weighted by atomic mass is 10.0. The largest absolute Gasteiger partial charge is 0.489 e. The van der Waals surface area contributed by atoms with E-state index in [1.165, 1.54) is 12.7 Å². The fourth-order valence-electron chi connectivity index (χ4n) is 4.07. The summed E-state index contributed by atoms with van der Waals surface area (Å²) in [5.41, 5.74) is 4.89. The van der Waals surface area contributed by atoms with Crippen molar-refractivity contribution in [3.63, 3.8) is 0 Å². The van der Waals surface area contributed by atoms with Crippen LogP contribution in [0.25, 0.3) is 6.08 Å². The Balaban J connectivity index is 1.60. The lowest BCUT2D eigenvalue weighted by Crippen LogP contribution is -2.24. The Bertz CT molecular complexity index is 1270. The minimum absolute atomic E-state index is 0.260. The van der Waals surface area contributed by atoms with Crippen molar-refractivity contribution in [2.45, 2.75) is 33.3 Å². The van der Waals surface area contributed by atoms with Crippen LogP contribution in [0.5, 0.6) is 5.75 Å². The van der Waals surface area contributed by atoms with Gasteiger partial charge in [0, 0.05) is 11.4 Å². The maximum Gasteiger partial charge on any atom is 0.340 e. The zero-order chi connectivity index (χ0) is 24.9. The molecule has 1 amide bonds. The molecule has 5 nitrogen and oxygen atoms in total. The van der Waals surface area contributed by atoms with Gasteiger partial charge in [0.25, 0.3) is 5.91 Å². The highest BCUT2D eigenvalue weighted by Gasteiger charge is 2.37. The standard InChI is InChI=1S/C30H29NO4/c1-20(2)24-12-14-25(15-13-24)31-21(3)28(30(33)34-4)27(29(31)32)18-22-10-16-26(17-11-22)35-19-23-8-6-5-7-9-23/h5-18,20H,19H2,1-4H3/b27-18-. The number of carbonyl (C=O) groups excluding carboxylic acids is 2. The molecule has 0 aliphatic carbocycles. The number of benzene rings is 3. The van der Waals surface area contributed by atoms with Crippen molar-refractivity contribution in [1.29, 1.82) is 0 Å². The van der Waals surface area contributed by atoms with Crippen molar-refractivity contribution in [3.8, 4) is 5.75 Å². The summed E-state index contributed by atoms with van der Waals surface area (Å²) in [6, 6.07) is 25.2. The predicted octanol–water partition coefficient (Wildman–Crippen LogP) is 6.27. The summed E-state index contributed by atoms with van der Waals surface area (Å²) in [5.74, 6) is 0.312. The fourth-order valence-corrected chi connectivity index (χ4v) is 4.07. The van der Waals surface area contributed by atoms with Crippen LogP contribution in [0.2, 0.25) is 0 Å². The van der Waals surface area contributed by atoms with Gasteiger partial charge in [-0.15, -0.1) is 0 Å². The molecule has 3 aromatic rings. The smallest absolute Gasteiger partial charge is 0.340 e. The van der Waals surface area contributed by atoms with Crippen molar-refractivity contribution < 1.29 is 19.1 Å². The summed E-state index contributed by atoms with van der Waals surface area (Å²) in [6.45, 7) is 6.48. The molecule has 0 fully saturated rings. The number of allylic oxidation sites excluding steroid dienone is 1. The van der Waals surface area contributed by atoms with Crippen molar-refractivity contribution in [3.05, 3.63) is 112 Å². The van der Waals surface area contributed by atoms with Crippen LogP contribution in [0.15, 0.2) is 95.7 Å². The third-order valence-electron chi connectivity index (χ3n) is 6.05. The third kappa shape index (κ3) is 5.19. The minimum Gasteiger partial charge on any atom is -0.489 e. The number of carbonyl (C=O) groups is 2. The monoisotopic (exact) mass is 467 g/mol. The summed E-state index contributed by atoms with van der Waals surface area (Å²) in [5, 5.41) is 0. The number of esters is 1. The normalized spacial score (nSPS) is 14.7. The van der Waals surface area contributed by atoms with Crippen LogP contribution in [-0.2, 0) is 20.9 Å². The first-order valence-electron chi connectivity index (χ1n) is 11.6. The van der Waals surface area contributed by atoms with Crippen molar-refractivity contribution in [2.75, 3.05) is 12.0 Å². The second-order valence-corrected chi connectivity index (χ2v) is 8.74. The van der Waals surface area contributed by atoms with E-state index in [9.17, 15) is 9.59 Å². The quantitative estimate of drug-likeness (QED) is 0.304. The average molecular weight is 468 g/mol. The number of rotatable bonds is 7. The highest BCUT2D eigenvalue weighted by molar-refractivity contribution is 6.23. The van der Waals surface area contributed by atoms with Gasteiger partial charge in [0.1, 0.15) is 12.4 Å². The van der Waals surface area contributed by atoms with E-state index in [2.05, 4.69) is 13.8 Å². The van der Waals surface area contributed by atoms with E-state index in [1.807, 2.05) is 78.9 Å². The van der Waals surface area contributed by atoms with Crippen LogP contribution in [-0.4, -0.2) is 19.0 Å². The second kappa shape index (κ2) is 10.4. The predicted molar refractivity (Wildman–Crippen MR) is 138 cm³/mol. The molecular weight excluding hydrogens is 438 g/mol. The number of hydrogen-bond acceptors (Lipinski definition) is 4. The van der Waals surface area contributed by atoms with Crippen LogP contribution in [0.3, 0.4) is 0 Å². The minimum atomic E-state index is -0.536. The molecule has 178 valence electrons. The van der Waals surface area contributed by atoms with E-state index in [0.29, 0.717) is 29.5 Å². The van der Waals surface area contributed by atoms with Gasteiger partial charge in [-0.2, -0.15) is 0 Å². The molecule has 0 N–H and O–H groups in total. The number of ether oxygens (including phenoxy) is 2. The Morgan fingerprint density at radius 2 is 1.60 bits per heavy atom. The zero-order valence-electron chi connectivity index (χ0n) is 20.4. The molecule has 1 aliphatic rings. The second-order valence-electron chi connectivity index (χ2n) is 8.74. The van der Waals surface area contributed by atoms with Gasteiger partial charge in [-0.25, -0.2) is 4.79 Å². The van der Waals surface area contributed by atoms with Crippen LogP contribution in [0.1, 0.15) is 43.4 Å². The van der Waals surface area contributed by atoms with Crippen LogP contribution >= 0.6 is 0 Å². The molecular formula is C30H29NO4. The van der Waals surface area contributed by atoms with Gasteiger partial charge in [-0.1, -0.05) is 68.4 Å². The fraction of sp³-hybridized carbons (Fsp3) is 0.200. The number of hydrogen-bond donors (Lipinski definition) is 0. The van der Waals surface area contributed by atoms with Gasteiger partial charge in [0.05, 0.1) is 18.3 Å². The summed E-state index contributed by atoms with van der Waals surface area (Å²) in [6.07, 6.45) is 1.72. The molecule has 0 spiro atoms. The molecule has 1 heterocycles. The van der Waals surface area contributed by atoms with Crippen molar-refractivity contribution in [1.82, 2.24) is 0 Å².